The highest BCUT2D eigenvalue weighted by atomic mass is 31.2. The normalized spacial score (nSPS) is 21.9. The molecule has 0 aromatic rings. The van der Waals surface area contributed by atoms with Gasteiger partial charge >= 0.3 is 27.6 Å². The van der Waals surface area contributed by atoms with Crippen LogP contribution in [0.1, 0.15) is 149 Å². The van der Waals surface area contributed by atoms with Gasteiger partial charge in [-0.05, 0) is 83.1 Å². The van der Waals surface area contributed by atoms with E-state index in [0.717, 1.165) is 51.4 Å². The van der Waals surface area contributed by atoms with Crippen LogP contribution in [-0.4, -0.2) is 109 Å². The average Bonchev–Trinajstić information content (AvgIpc) is 3.29. The first-order valence-corrected chi connectivity index (χ1v) is 27.1. The van der Waals surface area contributed by atoms with E-state index in [2.05, 4.69) is 73.1 Å². The van der Waals surface area contributed by atoms with Crippen LogP contribution in [0.5, 0.6) is 0 Å². The number of carbonyl (C=O) groups excluding carboxylic acids is 3. The Labute approximate surface area is 403 Å². The van der Waals surface area contributed by atoms with E-state index < -0.39 is 83.5 Å². The Bertz CT molecular complexity index is 1700. The lowest BCUT2D eigenvalue weighted by atomic mass is 9.85. The second kappa shape index (κ2) is 38.6. The third kappa shape index (κ3) is 32.6. The van der Waals surface area contributed by atoms with Crippen molar-refractivity contribution in [3.05, 3.63) is 85.1 Å². The third-order valence-corrected chi connectivity index (χ3v) is 11.9. The zero-order valence-corrected chi connectivity index (χ0v) is 41.8. The summed E-state index contributed by atoms with van der Waals surface area (Å²) in [7, 11) is -10.8. The molecule has 17 nitrogen and oxygen atoms in total. The molecule has 0 heterocycles. The van der Waals surface area contributed by atoms with E-state index in [1.807, 2.05) is 12.2 Å². The number of esters is 2. The molecule has 7 N–H and O–H groups in total. The number of allylic oxidation sites excluding steroid dienone is 14. The monoisotopic (exact) mass is 1000 g/mol. The summed E-state index contributed by atoms with van der Waals surface area (Å²) in [5.74, 6) is -1.70. The smallest absolute Gasteiger partial charge is 0.462 e. The lowest BCUT2D eigenvalue weighted by molar-refractivity contribution is -0.216. The first kappa shape index (κ1) is 62.9. The highest BCUT2D eigenvalue weighted by Crippen LogP contribution is 2.49. The van der Waals surface area contributed by atoms with Gasteiger partial charge in [0.25, 0.3) is 0 Å². The zero-order chi connectivity index (χ0) is 50.5. The molecule has 0 spiro atoms. The summed E-state index contributed by atoms with van der Waals surface area (Å²) in [4.78, 5) is 66.6. The fourth-order valence-corrected chi connectivity index (χ4v) is 8.17. The molecule has 0 aromatic carbocycles. The highest BCUT2D eigenvalue weighted by Gasteiger charge is 2.54. The number of hydrogen-bond acceptors (Lipinski definition) is 14. The predicted octanol–water partition coefficient (Wildman–Crippen LogP) is 8.57. The maximum absolute atomic E-state index is 13.0. The Balaban J connectivity index is 2.70. The van der Waals surface area contributed by atoms with Gasteiger partial charge in [0.05, 0.1) is 6.61 Å². The van der Waals surface area contributed by atoms with Gasteiger partial charge in [-0.1, -0.05) is 131 Å². The van der Waals surface area contributed by atoms with E-state index >= 15 is 0 Å². The van der Waals surface area contributed by atoms with Crippen LogP contribution in [0, 0.1) is 0 Å². The lowest BCUT2D eigenvalue weighted by Crippen LogP contribution is -2.64. The minimum absolute atomic E-state index is 0.0363. The number of rotatable bonds is 39. The first-order chi connectivity index (χ1) is 32.5. The number of unbranched alkanes of at least 4 members (excludes halogenated alkanes) is 10. The maximum Gasteiger partial charge on any atom is 0.472 e. The summed E-state index contributed by atoms with van der Waals surface area (Å²) in [6, 6.07) is 0. The molecule has 0 radical (unpaired) electrons. The lowest BCUT2D eigenvalue weighted by Gasteiger charge is -2.43. The maximum atomic E-state index is 13.0. The van der Waals surface area contributed by atoms with Crippen molar-refractivity contribution in [1.29, 1.82) is 0 Å². The number of aliphatic hydroxyl groups excluding tert-OH is 4. The van der Waals surface area contributed by atoms with Gasteiger partial charge in [-0.2, -0.15) is 0 Å². The van der Waals surface area contributed by atoms with E-state index in [4.69, 9.17) is 18.5 Å². The summed E-state index contributed by atoms with van der Waals surface area (Å²) in [5, 5.41) is 41.2. The number of phosphoric acid groups is 2. The Morgan fingerprint density at radius 1 is 0.515 bits per heavy atom. The van der Waals surface area contributed by atoms with Crippen molar-refractivity contribution in [2.24, 2.45) is 0 Å². The van der Waals surface area contributed by atoms with Gasteiger partial charge in [-0.3, -0.25) is 28.0 Å². The summed E-state index contributed by atoms with van der Waals surface area (Å²) in [6.45, 7) is 2.82. The molecule has 1 aliphatic carbocycles. The first-order valence-electron chi connectivity index (χ1n) is 24.1. The van der Waals surface area contributed by atoms with Crippen molar-refractivity contribution in [3.8, 4) is 0 Å². The molecule has 5 unspecified atom stereocenters. The largest absolute Gasteiger partial charge is 0.472 e. The van der Waals surface area contributed by atoms with Crippen molar-refractivity contribution in [1.82, 2.24) is 0 Å². The number of phosphoric ester groups is 2. The average molecular weight is 1000 g/mol. The quantitative estimate of drug-likeness (QED) is 0.00758. The van der Waals surface area contributed by atoms with Crippen molar-refractivity contribution in [2.45, 2.75) is 191 Å². The molecular formula is C49H80O17P2. The molecular weight excluding hydrogens is 922 g/mol. The van der Waals surface area contributed by atoms with Crippen LogP contribution < -0.4 is 0 Å². The van der Waals surface area contributed by atoms with Crippen LogP contribution in [0.2, 0.25) is 0 Å². The molecule has 0 aromatic heterocycles. The van der Waals surface area contributed by atoms with E-state index in [1.54, 1.807) is 12.2 Å². The van der Waals surface area contributed by atoms with Gasteiger partial charge in [-0.25, -0.2) is 9.13 Å². The molecule has 8 atom stereocenters. The van der Waals surface area contributed by atoms with Crippen molar-refractivity contribution >= 4 is 33.4 Å². The molecule has 0 aliphatic heterocycles. The van der Waals surface area contributed by atoms with Crippen molar-refractivity contribution in [2.75, 3.05) is 13.2 Å². The van der Waals surface area contributed by atoms with Gasteiger partial charge in [0, 0.05) is 19.3 Å². The minimum atomic E-state index is -5.39. The van der Waals surface area contributed by atoms with Crippen molar-refractivity contribution in [3.63, 3.8) is 0 Å². The number of aliphatic hydroxyl groups is 4. The Kier molecular flexibility index (Phi) is 35.7. The van der Waals surface area contributed by atoms with Crippen LogP contribution >= 0.6 is 15.6 Å². The highest BCUT2D eigenvalue weighted by molar-refractivity contribution is 7.47. The van der Waals surface area contributed by atoms with Crippen LogP contribution in [0.15, 0.2) is 85.1 Å². The van der Waals surface area contributed by atoms with Crippen LogP contribution in [-0.2, 0) is 46.6 Å². The molecule has 19 heteroatoms. The van der Waals surface area contributed by atoms with E-state index in [-0.39, 0.29) is 31.5 Å². The molecule has 68 heavy (non-hydrogen) atoms. The van der Waals surface area contributed by atoms with Gasteiger partial charge in [0.2, 0.25) is 0 Å². The summed E-state index contributed by atoms with van der Waals surface area (Å²) < 4.78 is 49.1. The van der Waals surface area contributed by atoms with Gasteiger partial charge in [0.15, 0.2) is 11.9 Å². The number of ether oxygens (including phenoxy) is 2. The van der Waals surface area contributed by atoms with E-state index in [1.165, 1.54) is 44.6 Å². The minimum Gasteiger partial charge on any atom is -0.462 e. The van der Waals surface area contributed by atoms with Gasteiger partial charge in [0.1, 0.15) is 43.2 Å². The molecule has 0 amide bonds. The molecule has 0 saturated heterocycles. The third-order valence-electron chi connectivity index (χ3n) is 10.4. The fraction of sp³-hybridized carbons (Fsp3) is 0.653. The molecule has 1 saturated carbocycles. The van der Waals surface area contributed by atoms with Gasteiger partial charge < -0.3 is 44.6 Å². The SMILES string of the molecule is CCCCC/C=C\C/C=C\C/C=C\C=C\C(=O)CCCC(=O)OC[C@H](COP(=O)(O)O[C@H]1C(O)C(O)C(O)[C@@H](OP(=O)(O)O)C1O)OC(=O)CCCCCC/C=C\C/C=C\C/C=C\CCCCC. The molecule has 1 aliphatic rings. The summed E-state index contributed by atoms with van der Waals surface area (Å²) in [5.41, 5.74) is 0. The van der Waals surface area contributed by atoms with Crippen LogP contribution in [0.25, 0.3) is 0 Å². The number of carbonyl (C=O) groups is 3. The molecule has 0 bridgehead atoms. The second-order valence-corrected chi connectivity index (χ2v) is 19.1. The van der Waals surface area contributed by atoms with Crippen molar-refractivity contribution < 1.29 is 81.7 Å². The summed E-state index contributed by atoms with van der Waals surface area (Å²) >= 11 is 0. The fourth-order valence-electron chi connectivity index (χ4n) is 6.63. The van der Waals surface area contributed by atoms with Crippen LogP contribution in [0.3, 0.4) is 0 Å². The zero-order valence-electron chi connectivity index (χ0n) is 40.0. The standard InChI is InChI=1S/C49H80O17P2/c1-3-5-7-9-11-13-15-17-18-19-20-22-24-26-28-30-32-36-43(52)64-41(39-63-68(60,61)66-49-46(55)44(53)45(54)48(47(49)56)65-67(57,58)59)38-62-42(51)37-33-35-40(50)34-31-29-27-25-23-21-16-14-12-10-8-6-4-2/h11-14,17-18,20-23,27,29,31,34,41,44-49,53-56H,3-10,15-16,19,24-26,28,30,32-33,35-39H2,1-2H3,(H,60,61)(H2,57,58,59)/b13-11-,14-12-,18-17-,22-20-,23-21-,29-27-,34-31+/t41-,44?,45?,46?,47?,48-,49+/m1/s1. The van der Waals surface area contributed by atoms with Crippen LogP contribution in [0.4, 0.5) is 0 Å². The Hall–Kier alpha value is -3.15. The summed E-state index contributed by atoms with van der Waals surface area (Å²) in [6.07, 6.45) is 29.6. The number of hydrogen-bond donors (Lipinski definition) is 7. The topological polar surface area (TPSA) is 273 Å². The Morgan fingerprint density at radius 2 is 1.00 bits per heavy atom. The molecule has 1 rings (SSSR count). The molecule has 388 valence electrons. The van der Waals surface area contributed by atoms with E-state index in [9.17, 15) is 58.6 Å². The molecule has 1 fully saturated rings. The van der Waals surface area contributed by atoms with E-state index in [0.29, 0.717) is 19.3 Å². The van der Waals surface area contributed by atoms with Gasteiger partial charge in [-0.15, -0.1) is 0 Å². The Morgan fingerprint density at radius 3 is 1.54 bits per heavy atom. The predicted molar refractivity (Wildman–Crippen MR) is 260 cm³/mol. The second-order valence-electron chi connectivity index (χ2n) is 16.5. The number of ketones is 1.